The lowest BCUT2D eigenvalue weighted by atomic mass is 9.96. The first-order chi connectivity index (χ1) is 16.0. The van der Waals surface area contributed by atoms with Gasteiger partial charge in [-0.05, 0) is 55.7 Å². The van der Waals surface area contributed by atoms with E-state index < -0.39 is 0 Å². The van der Waals surface area contributed by atoms with E-state index in [1.54, 1.807) is 18.1 Å². The Bertz CT molecular complexity index is 1130. The van der Waals surface area contributed by atoms with Gasteiger partial charge in [0.1, 0.15) is 5.75 Å². The molecular weight excluding hydrogens is 434 g/mol. The van der Waals surface area contributed by atoms with Crippen LogP contribution in [0.15, 0.2) is 60.7 Å². The van der Waals surface area contributed by atoms with Crippen LogP contribution >= 0.6 is 11.3 Å². The molecule has 4 rings (SSSR count). The normalized spacial score (nSPS) is 14.4. The molecule has 2 aromatic carbocycles. The summed E-state index contributed by atoms with van der Waals surface area (Å²) in [5.74, 6) is 0.621. The maximum Gasteiger partial charge on any atom is 0.246 e. The number of methoxy groups -OCH3 is 1. The molecule has 2 heterocycles. The third kappa shape index (κ3) is 5.68. The van der Waals surface area contributed by atoms with Crippen molar-refractivity contribution in [3.8, 4) is 17.0 Å². The van der Waals surface area contributed by atoms with E-state index in [4.69, 9.17) is 4.74 Å². The molecule has 1 aliphatic rings. The maximum absolute atomic E-state index is 12.8. The van der Waals surface area contributed by atoms with Gasteiger partial charge in [0.15, 0.2) is 5.13 Å². The summed E-state index contributed by atoms with van der Waals surface area (Å²) < 4.78 is 5.21. The number of aromatic nitrogens is 1. The van der Waals surface area contributed by atoms with E-state index in [-0.39, 0.29) is 17.7 Å². The van der Waals surface area contributed by atoms with E-state index in [9.17, 15) is 9.59 Å². The van der Waals surface area contributed by atoms with Crippen LogP contribution in [-0.4, -0.2) is 41.9 Å². The second-order valence-electron chi connectivity index (χ2n) is 7.99. The Labute approximate surface area is 197 Å². The third-order valence-corrected chi connectivity index (χ3v) is 6.67. The number of carbonyl (C=O) groups excluding carboxylic acids is 2. The fourth-order valence-electron chi connectivity index (χ4n) is 3.87. The topological polar surface area (TPSA) is 71.5 Å². The number of carbonyl (C=O) groups is 2. The van der Waals surface area contributed by atoms with Crippen LogP contribution in [0.25, 0.3) is 17.3 Å². The Morgan fingerprint density at radius 3 is 2.45 bits per heavy atom. The van der Waals surface area contributed by atoms with Crippen molar-refractivity contribution in [3.63, 3.8) is 0 Å². The minimum absolute atomic E-state index is 0.0163. The van der Waals surface area contributed by atoms with Crippen molar-refractivity contribution in [1.29, 1.82) is 0 Å². The number of hydrogen-bond acceptors (Lipinski definition) is 5. The number of amides is 2. The Morgan fingerprint density at radius 1 is 1.09 bits per heavy atom. The number of anilines is 1. The highest BCUT2D eigenvalue weighted by atomic mass is 32.1. The van der Waals surface area contributed by atoms with Crippen LogP contribution < -0.4 is 10.1 Å². The zero-order valence-corrected chi connectivity index (χ0v) is 19.6. The first-order valence-electron chi connectivity index (χ1n) is 11.0. The van der Waals surface area contributed by atoms with E-state index >= 15 is 0 Å². The number of likely N-dealkylation sites (tertiary alicyclic amines) is 1. The average Bonchev–Trinajstić information content (AvgIpc) is 3.23. The monoisotopic (exact) mass is 461 g/mol. The van der Waals surface area contributed by atoms with Crippen molar-refractivity contribution >= 4 is 34.4 Å². The maximum atomic E-state index is 12.8. The van der Waals surface area contributed by atoms with Gasteiger partial charge >= 0.3 is 0 Å². The Morgan fingerprint density at radius 2 is 1.79 bits per heavy atom. The highest BCUT2D eigenvalue weighted by molar-refractivity contribution is 7.16. The lowest BCUT2D eigenvalue weighted by molar-refractivity contribution is -0.130. The second kappa shape index (κ2) is 10.4. The first-order valence-corrected chi connectivity index (χ1v) is 11.8. The highest BCUT2D eigenvalue weighted by Gasteiger charge is 2.27. The standard InChI is InChI=1S/C26H27N3O3S/c1-18-24(20-9-11-22(32-2)12-10-20)27-26(33-18)28-25(31)21-14-16-29(17-15-21)23(30)13-8-19-6-4-3-5-7-19/h3-13,21H,14-17H2,1-2H3,(H,27,28,31)/b13-8+. The summed E-state index contributed by atoms with van der Waals surface area (Å²) in [5.41, 5.74) is 2.84. The largest absolute Gasteiger partial charge is 0.497 e. The van der Waals surface area contributed by atoms with Gasteiger partial charge in [0.25, 0.3) is 0 Å². The quantitative estimate of drug-likeness (QED) is 0.524. The number of hydrogen-bond donors (Lipinski definition) is 1. The zero-order chi connectivity index (χ0) is 23.2. The van der Waals surface area contributed by atoms with Crippen LogP contribution in [-0.2, 0) is 9.59 Å². The predicted molar refractivity (Wildman–Crippen MR) is 132 cm³/mol. The van der Waals surface area contributed by atoms with E-state index in [1.165, 1.54) is 11.3 Å². The summed E-state index contributed by atoms with van der Waals surface area (Å²) in [5, 5.41) is 3.59. The Kier molecular flexibility index (Phi) is 7.19. The van der Waals surface area contributed by atoms with Gasteiger partial charge in [-0.1, -0.05) is 30.3 Å². The summed E-state index contributed by atoms with van der Waals surface area (Å²) in [4.78, 5) is 32.8. The fraction of sp³-hybridized carbons (Fsp3) is 0.269. The van der Waals surface area contributed by atoms with Gasteiger partial charge < -0.3 is 15.0 Å². The summed E-state index contributed by atoms with van der Waals surface area (Å²) >= 11 is 1.47. The van der Waals surface area contributed by atoms with Crippen LogP contribution in [0.1, 0.15) is 23.3 Å². The Balaban J connectivity index is 1.31. The van der Waals surface area contributed by atoms with Crippen molar-refractivity contribution < 1.29 is 14.3 Å². The van der Waals surface area contributed by atoms with Crippen molar-refractivity contribution in [3.05, 3.63) is 71.1 Å². The van der Waals surface area contributed by atoms with Crippen molar-refractivity contribution in [1.82, 2.24) is 9.88 Å². The van der Waals surface area contributed by atoms with Crippen molar-refractivity contribution in [2.45, 2.75) is 19.8 Å². The molecule has 0 spiro atoms. The molecule has 2 amide bonds. The third-order valence-electron chi connectivity index (χ3n) is 5.79. The molecule has 0 atom stereocenters. The molecule has 7 heteroatoms. The van der Waals surface area contributed by atoms with Gasteiger partial charge in [-0.3, -0.25) is 9.59 Å². The molecule has 0 unspecified atom stereocenters. The fourth-order valence-corrected chi connectivity index (χ4v) is 4.71. The number of benzene rings is 2. The molecule has 1 saturated heterocycles. The van der Waals surface area contributed by atoms with Crippen LogP contribution in [0.2, 0.25) is 0 Å². The molecule has 1 N–H and O–H groups in total. The smallest absolute Gasteiger partial charge is 0.246 e. The van der Waals surface area contributed by atoms with Crippen LogP contribution in [0, 0.1) is 12.8 Å². The molecule has 170 valence electrons. The van der Waals surface area contributed by atoms with Gasteiger partial charge in [0.05, 0.1) is 12.8 Å². The van der Waals surface area contributed by atoms with Gasteiger partial charge in [-0.2, -0.15) is 0 Å². The SMILES string of the molecule is COc1ccc(-c2nc(NC(=O)C3CCN(C(=O)/C=C/c4ccccc4)CC3)sc2C)cc1. The number of aryl methyl sites for hydroxylation is 1. The molecule has 6 nitrogen and oxygen atoms in total. The highest BCUT2D eigenvalue weighted by Crippen LogP contribution is 2.32. The number of rotatable bonds is 6. The molecule has 0 aliphatic carbocycles. The van der Waals surface area contributed by atoms with Crippen LogP contribution in [0.3, 0.4) is 0 Å². The predicted octanol–water partition coefficient (Wildman–Crippen LogP) is 5.02. The zero-order valence-electron chi connectivity index (χ0n) is 18.8. The molecule has 3 aromatic rings. The molecule has 1 fully saturated rings. The van der Waals surface area contributed by atoms with Gasteiger partial charge in [0.2, 0.25) is 11.8 Å². The van der Waals surface area contributed by atoms with Gasteiger partial charge in [-0.15, -0.1) is 11.3 Å². The molecule has 33 heavy (non-hydrogen) atoms. The lowest BCUT2D eigenvalue weighted by Crippen LogP contribution is -2.40. The number of thiazole rings is 1. The van der Waals surface area contributed by atoms with Crippen LogP contribution in [0.5, 0.6) is 5.75 Å². The summed E-state index contributed by atoms with van der Waals surface area (Å²) in [6.45, 7) is 3.15. The number of ether oxygens (including phenoxy) is 1. The number of piperidine rings is 1. The van der Waals surface area contributed by atoms with E-state index in [1.807, 2.05) is 67.6 Å². The first kappa shape index (κ1) is 22.7. The average molecular weight is 462 g/mol. The minimum atomic E-state index is -0.124. The number of nitrogens with one attached hydrogen (secondary N) is 1. The minimum Gasteiger partial charge on any atom is -0.497 e. The van der Waals surface area contributed by atoms with Gasteiger partial charge in [0, 0.05) is 35.5 Å². The molecule has 0 saturated carbocycles. The van der Waals surface area contributed by atoms with E-state index in [0.717, 1.165) is 27.4 Å². The summed E-state index contributed by atoms with van der Waals surface area (Å²) in [6, 6.07) is 17.5. The second-order valence-corrected chi connectivity index (χ2v) is 9.19. The molecular formula is C26H27N3O3S. The van der Waals surface area contributed by atoms with E-state index in [2.05, 4.69) is 10.3 Å². The van der Waals surface area contributed by atoms with Gasteiger partial charge in [-0.25, -0.2) is 4.98 Å². The summed E-state index contributed by atoms with van der Waals surface area (Å²) in [6.07, 6.45) is 4.72. The Hall–Kier alpha value is -3.45. The summed E-state index contributed by atoms with van der Waals surface area (Å²) in [7, 11) is 1.64. The lowest BCUT2D eigenvalue weighted by Gasteiger charge is -2.30. The molecule has 1 aromatic heterocycles. The molecule has 0 radical (unpaired) electrons. The number of nitrogens with zero attached hydrogens (tertiary/aromatic N) is 2. The van der Waals surface area contributed by atoms with Crippen molar-refractivity contribution in [2.24, 2.45) is 5.92 Å². The molecule has 0 bridgehead atoms. The van der Waals surface area contributed by atoms with E-state index in [0.29, 0.717) is 31.1 Å². The molecule has 1 aliphatic heterocycles. The van der Waals surface area contributed by atoms with Crippen molar-refractivity contribution in [2.75, 3.05) is 25.5 Å². The van der Waals surface area contributed by atoms with Crippen LogP contribution in [0.4, 0.5) is 5.13 Å².